The first-order valence-electron chi connectivity index (χ1n) is 4.16. The lowest BCUT2D eigenvalue weighted by Crippen LogP contribution is -2.11. The van der Waals surface area contributed by atoms with Crippen molar-refractivity contribution in [3.8, 4) is 0 Å². The molecule has 0 aromatic carbocycles. The summed E-state index contributed by atoms with van der Waals surface area (Å²) in [4.78, 5) is 11.3. The lowest BCUT2D eigenvalue weighted by molar-refractivity contribution is -0.142. The van der Waals surface area contributed by atoms with Crippen LogP contribution in [-0.2, 0) is 16.1 Å². The van der Waals surface area contributed by atoms with Gasteiger partial charge in [-0.2, -0.15) is 0 Å². The molecule has 0 spiro atoms. The molecule has 1 aromatic heterocycles. The number of carbonyl (C=O) groups excluding carboxylic acids is 1. The summed E-state index contributed by atoms with van der Waals surface area (Å²) in [5.74, 6) is -0.208. The van der Waals surface area contributed by atoms with Gasteiger partial charge in [-0.25, -0.2) is 0 Å². The highest BCUT2D eigenvalue weighted by Gasteiger charge is 2.29. The molecule has 0 aliphatic carbocycles. The lowest BCUT2D eigenvalue weighted by Gasteiger charge is -2.05. The number of hydrogen-bond acceptors (Lipinski definition) is 2. The Balaban J connectivity index is 2.32. The molecule has 70 valence electrons. The van der Waals surface area contributed by atoms with Crippen molar-refractivity contribution in [2.24, 2.45) is 0 Å². The molecule has 4 heteroatoms. The molecule has 3 nitrogen and oxygen atoms in total. The monoisotopic (exact) mass is 243 g/mol. The zero-order valence-corrected chi connectivity index (χ0v) is 8.87. The highest BCUT2D eigenvalue weighted by atomic mass is 79.9. The Morgan fingerprint density at radius 2 is 2.54 bits per heavy atom. The third kappa shape index (κ3) is 1.39. The summed E-state index contributed by atoms with van der Waals surface area (Å²) in [6.07, 6.45) is 2.85. The van der Waals surface area contributed by atoms with E-state index in [1.54, 1.807) is 0 Å². The number of fused-ring (bicyclic) bond motifs is 1. The Labute approximate surface area is 84.8 Å². The molecule has 0 amide bonds. The molecule has 2 heterocycles. The summed E-state index contributed by atoms with van der Waals surface area (Å²) in [7, 11) is 1.43. The Hall–Kier alpha value is -0.770. The number of halogens is 1. The second kappa shape index (κ2) is 3.18. The number of nitrogens with zero attached hydrogens (tertiary/aromatic N) is 1. The van der Waals surface area contributed by atoms with Gasteiger partial charge in [-0.1, -0.05) is 0 Å². The maximum Gasteiger partial charge on any atom is 0.314 e. The standard InChI is InChI=1S/C9H10BrNO2/c1-13-9(12)7-2-3-11-5-6(10)4-8(7)11/h4-5,7H,2-3H2,1H3. The zero-order valence-electron chi connectivity index (χ0n) is 7.29. The van der Waals surface area contributed by atoms with E-state index in [0.717, 1.165) is 23.1 Å². The van der Waals surface area contributed by atoms with Gasteiger partial charge in [0.1, 0.15) is 0 Å². The van der Waals surface area contributed by atoms with E-state index >= 15 is 0 Å². The molecule has 0 N–H and O–H groups in total. The van der Waals surface area contributed by atoms with Crippen molar-refractivity contribution >= 4 is 21.9 Å². The van der Waals surface area contributed by atoms with E-state index in [1.807, 2.05) is 12.3 Å². The fraction of sp³-hybridized carbons (Fsp3) is 0.444. The van der Waals surface area contributed by atoms with Crippen LogP contribution >= 0.6 is 15.9 Å². The predicted octanol–water partition coefficient (Wildman–Crippen LogP) is 1.91. The van der Waals surface area contributed by atoms with Crippen molar-refractivity contribution < 1.29 is 9.53 Å². The molecule has 2 rings (SSSR count). The Bertz CT molecular complexity index is 345. The van der Waals surface area contributed by atoms with Gasteiger partial charge in [0.05, 0.1) is 13.0 Å². The highest BCUT2D eigenvalue weighted by molar-refractivity contribution is 9.10. The molecule has 0 bridgehead atoms. The summed E-state index contributed by atoms with van der Waals surface area (Å²) in [5, 5.41) is 0. The molecule has 1 aliphatic heterocycles. The highest BCUT2D eigenvalue weighted by Crippen LogP contribution is 2.32. The molecular formula is C9H10BrNO2. The Morgan fingerprint density at radius 1 is 1.77 bits per heavy atom. The first-order chi connectivity index (χ1) is 6.22. The van der Waals surface area contributed by atoms with Crippen molar-refractivity contribution in [2.45, 2.75) is 18.9 Å². The third-order valence-electron chi connectivity index (χ3n) is 2.40. The Kier molecular flexibility index (Phi) is 2.15. The minimum atomic E-state index is -0.135. The van der Waals surface area contributed by atoms with E-state index in [4.69, 9.17) is 4.74 Å². The summed E-state index contributed by atoms with van der Waals surface area (Å²) in [5.41, 5.74) is 1.05. The summed E-state index contributed by atoms with van der Waals surface area (Å²) in [6.45, 7) is 0.903. The Morgan fingerprint density at radius 3 is 3.23 bits per heavy atom. The first kappa shape index (κ1) is 8.81. The molecule has 0 fully saturated rings. The SMILES string of the molecule is COC(=O)C1CCn2cc(Br)cc21. The number of carbonyl (C=O) groups is 1. The van der Waals surface area contributed by atoms with Crippen LogP contribution in [0.4, 0.5) is 0 Å². The second-order valence-electron chi connectivity index (χ2n) is 3.14. The van der Waals surface area contributed by atoms with Crippen molar-refractivity contribution in [1.29, 1.82) is 0 Å². The van der Waals surface area contributed by atoms with Crippen molar-refractivity contribution in [1.82, 2.24) is 4.57 Å². The lowest BCUT2D eigenvalue weighted by atomic mass is 10.1. The molecule has 13 heavy (non-hydrogen) atoms. The number of methoxy groups -OCH3 is 1. The number of aryl methyl sites for hydroxylation is 1. The van der Waals surface area contributed by atoms with Crippen LogP contribution in [0.25, 0.3) is 0 Å². The average Bonchev–Trinajstić information content (AvgIpc) is 2.61. The van der Waals surface area contributed by atoms with E-state index in [-0.39, 0.29) is 11.9 Å². The van der Waals surface area contributed by atoms with Gasteiger partial charge in [-0.15, -0.1) is 0 Å². The van der Waals surface area contributed by atoms with Gasteiger partial charge < -0.3 is 9.30 Å². The van der Waals surface area contributed by atoms with Gasteiger partial charge >= 0.3 is 5.97 Å². The van der Waals surface area contributed by atoms with Gasteiger partial charge in [-0.3, -0.25) is 4.79 Å². The van der Waals surface area contributed by atoms with Crippen LogP contribution in [0.5, 0.6) is 0 Å². The van der Waals surface area contributed by atoms with Gasteiger partial charge in [0, 0.05) is 22.9 Å². The van der Waals surface area contributed by atoms with Crippen molar-refractivity contribution in [2.75, 3.05) is 7.11 Å². The second-order valence-corrected chi connectivity index (χ2v) is 4.06. The predicted molar refractivity (Wildman–Crippen MR) is 51.5 cm³/mol. The molecule has 1 aromatic rings. The van der Waals surface area contributed by atoms with Crippen molar-refractivity contribution in [3.05, 3.63) is 22.4 Å². The summed E-state index contributed by atoms with van der Waals surface area (Å²) >= 11 is 3.38. The van der Waals surface area contributed by atoms with Crippen LogP contribution in [0.3, 0.4) is 0 Å². The smallest absolute Gasteiger partial charge is 0.314 e. The maximum absolute atomic E-state index is 11.3. The van der Waals surface area contributed by atoms with E-state index in [1.165, 1.54) is 7.11 Å². The van der Waals surface area contributed by atoms with Crippen LogP contribution in [0.2, 0.25) is 0 Å². The van der Waals surface area contributed by atoms with Crippen LogP contribution in [-0.4, -0.2) is 17.6 Å². The third-order valence-corrected chi connectivity index (χ3v) is 2.83. The van der Waals surface area contributed by atoms with Crippen LogP contribution in [0.15, 0.2) is 16.7 Å². The van der Waals surface area contributed by atoms with Crippen LogP contribution in [0.1, 0.15) is 18.0 Å². The zero-order chi connectivity index (χ0) is 9.42. The molecular weight excluding hydrogens is 234 g/mol. The van der Waals surface area contributed by atoms with Gasteiger partial charge in [0.2, 0.25) is 0 Å². The number of ether oxygens (including phenoxy) is 1. The number of esters is 1. The van der Waals surface area contributed by atoms with Gasteiger partial charge in [0.15, 0.2) is 0 Å². The topological polar surface area (TPSA) is 31.2 Å². The molecule has 1 aliphatic rings. The quantitative estimate of drug-likeness (QED) is 0.706. The maximum atomic E-state index is 11.3. The molecule has 1 unspecified atom stereocenters. The van der Waals surface area contributed by atoms with E-state index < -0.39 is 0 Å². The molecule has 0 saturated heterocycles. The largest absolute Gasteiger partial charge is 0.469 e. The molecule has 1 atom stereocenters. The van der Waals surface area contributed by atoms with E-state index in [9.17, 15) is 4.79 Å². The van der Waals surface area contributed by atoms with Crippen molar-refractivity contribution in [3.63, 3.8) is 0 Å². The fourth-order valence-electron chi connectivity index (χ4n) is 1.78. The van der Waals surface area contributed by atoms with Crippen LogP contribution in [0, 0.1) is 0 Å². The fourth-order valence-corrected chi connectivity index (χ4v) is 2.26. The van der Waals surface area contributed by atoms with E-state index in [2.05, 4.69) is 20.5 Å². The van der Waals surface area contributed by atoms with Crippen LogP contribution < -0.4 is 0 Å². The summed E-state index contributed by atoms with van der Waals surface area (Å²) in [6, 6.07) is 1.98. The van der Waals surface area contributed by atoms with Gasteiger partial charge in [0.25, 0.3) is 0 Å². The number of hydrogen-bond donors (Lipinski definition) is 0. The number of rotatable bonds is 1. The van der Waals surface area contributed by atoms with Gasteiger partial charge in [-0.05, 0) is 28.4 Å². The average molecular weight is 244 g/mol. The van der Waals surface area contributed by atoms with E-state index in [0.29, 0.717) is 0 Å². The minimum absolute atomic E-state index is 0.0729. The molecule has 0 saturated carbocycles. The normalized spacial score (nSPS) is 20.0. The molecule has 0 radical (unpaired) electrons. The first-order valence-corrected chi connectivity index (χ1v) is 4.95. The number of aromatic nitrogens is 1. The minimum Gasteiger partial charge on any atom is -0.469 e. The summed E-state index contributed by atoms with van der Waals surface area (Å²) < 4.78 is 7.85.